The first-order chi connectivity index (χ1) is 15.2. The number of hydrogen-bond acceptors (Lipinski definition) is 7. The monoisotopic (exact) mass is 443 g/mol. The van der Waals surface area contributed by atoms with Gasteiger partial charge in [0.25, 0.3) is 0 Å². The summed E-state index contributed by atoms with van der Waals surface area (Å²) in [5.41, 5.74) is 2.39. The largest absolute Gasteiger partial charge is 0.391 e. The van der Waals surface area contributed by atoms with Crippen molar-refractivity contribution in [3.05, 3.63) is 59.0 Å². The minimum absolute atomic E-state index is 0.231. The molecule has 1 amide bonds. The van der Waals surface area contributed by atoms with Gasteiger partial charge in [-0.1, -0.05) is 0 Å². The smallest absolute Gasteiger partial charge is 0.249 e. The zero-order chi connectivity index (χ0) is 23.0. The minimum atomic E-state index is -0.878. The fraction of sp³-hybridized carbons (Fsp3) is 0.333. The van der Waals surface area contributed by atoms with Crippen LogP contribution >= 0.6 is 0 Å². The lowest BCUT2D eigenvalue weighted by molar-refractivity contribution is -0.119. The molecule has 2 aromatic heterocycles. The van der Waals surface area contributed by atoms with Gasteiger partial charge in [-0.15, -0.1) is 0 Å². The lowest BCUT2D eigenvalue weighted by Crippen LogP contribution is -2.52. The first-order valence-electron chi connectivity index (χ1n) is 10.0. The van der Waals surface area contributed by atoms with Crippen LogP contribution in [0.25, 0.3) is 0 Å². The van der Waals surface area contributed by atoms with Crippen molar-refractivity contribution in [3.63, 3.8) is 0 Å². The normalized spacial score (nSPS) is 16.5. The Morgan fingerprint density at radius 1 is 1.22 bits per heavy atom. The van der Waals surface area contributed by atoms with Crippen molar-refractivity contribution < 1.29 is 18.7 Å². The molecule has 0 saturated heterocycles. The van der Waals surface area contributed by atoms with E-state index in [1.165, 1.54) is 12.1 Å². The summed E-state index contributed by atoms with van der Waals surface area (Å²) in [6, 6.07) is 2.61. The Balaban J connectivity index is 1.47. The first kappa shape index (κ1) is 21.6. The maximum absolute atomic E-state index is 13.4. The summed E-state index contributed by atoms with van der Waals surface area (Å²) in [6.07, 6.45) is 2.53. The van der Waals surface area contributed by atoms with Crippen molar-refractivity contribution in [3.8, 4) is 0 Å². The molecule has 3 N–H and O–H groups in total. The molecule has 1 aromatic carbocycles. The van der Waals surface area contributed by atoms with E-state index in [-0.39, 0.29) is 12.5 Å². The van der Waals surface area contributed by atoms with Gasteiger partial charge < -0.3 is 20.6 Å². The van der Waals surface area contributed by atoms with Crippen LogP contribution in [0.3, 0.4) is 0 Å². The predicted molar refractivity (Wildman–Crippen MR) is 114 cm³/mol. The summed E-state index contributed by atoms with van der Waals surface area (Å²) in [5, 5.41) is 20.1. The van der Waals surface area contributed by atoms with Crippen LogP contribution in [-0.2, 0) is 17.9 Å². The van der Waals surface area contributed by atoms with Crippen molar-refractivity contribution in [1.29, 1.82) is 0 Å². The van der Waals surface area contributed by atoms with Gasteiger partial charge >= 0.3 is 0 Å². The average Bonchev–Trinajstić information content (AvgIpc) is 3.13. The van der Waals surface area contributed by atoms with Crippen LogP contribution < -0.4 is 15.5 Å². The second-order valence-corrected chi connectivity index (χ2v) is 7.79. The second-order valence-electron chi connectivity index (χ2n) is 7.79. The van der Waals surface area contributed by atoms with Crippen LogP contribution in [0.15, 0.2) is 30.6 Å². The fourth-order valence-corrected chi connectivity index (χ4v) is 3.74. The van der Waals surface area contributed by atoms with E-state index in [2.05, 4.69) is 25.7 Å². The number of anilines is 3. The van der Waals surface area contributed by atoms with Gasteiger partial charge in [-0.2, -0.15) is 10.1 Å². The van der Waals surface area contributed by atoms with E-state index in [1.54, 1.807) is 42.9 Å². The van der Waals surface area contributed by atoms with E-state index < -0.39 is 23.8 Å². The molecule has 0 aliphatic carbocycles. The van der Waals surface area contributed by atoms with Crippen LogP contribution in [0.1, 0.15) is 23.7 Å². The molecule has 9 nitrogen and oxygen atoms in total. The van der Waals surface area contributed by atoms with E-state index in [4.69, 9.17) is 0 Å². The lowest BCUT2D eigenvalue weighted by atomic mass is 10.1. The molecule has 0 bridgehead atoms. The molecule has 2 atom stereocenters. The molecule has 1 aliphatic rings. The maximum atomic E-state index is 13.4. The highest BCUT2D eigenvalue weighted by Gasteiger charge is 2.36. The third kappa shape index (κ3) is 4.37. The van der Waals surface area contributed by atoms with Crippen molar-refractivity contribution in [2.45, 2.75) is 39.1 Å². The number of nitrogens with zero attached hydrogens (tertiary/aromatic N) is 5. The average molecular weight is 443 g/mol. The highest BCUT2D eigenvalue weighted by Crippen LogP contribution is 2.33. The Hall–Kier alpha value is -3.60. The highest BCUT2D eigenvalue weighted by atomic mass is 19.1. The van der Waals surface area contributed by atoms with E-state index in [1.807, 2.05) is 0 Å². The number of nitrogens with one attached hydrogen (secondary N) is 2. The number of aliphatic hydroxyl groups excluding tert-OH is 1. The van der Waals surface area contributed by atoms with Gasteiger partial charge in [0.05, 0.1) is 24.5 Å². The molecule has 0 spiro atoms. The van der Waals surface area contributed by atoms with Crippen LogP contribution in [0.4, 0.5) is 26.2 Å². The summed E-state index contributed by atoms with van der Waals surface area (Å²) in [6.45, 7) is 3.91. The summed E-state index contributed by atoms with van der Waals surface area (Å²) >= 11 is 0. The third-order valence-corrected chi connectivity index (χ3v) is 5.20. The number of carbonyl (C=O) groups excluding carboxylic acids is 1. The number of likely N-dealkylation sites (N-methyl/N-ethyl adjacent to an activating group) is 1. The van der Waals surface area contributed by atoms with E-state index in [0.29, 0.717) is 35.3 Å². The maximum Gasteiger partial charge on any atom is 0.249 e. The number of aromatic nitrogens is 4. The zero-order valence-electron chi connectivity index (χ0n) is 17.8. The van der Waals surface area contributed by atoms with Crippen LogP contribution in [-0.4, -0.2) is 50.0 Å². The Kier molecular flexibility index (Phi) is 5.74. The molecular formula is C21H23F2N7O2. The standard InChI is InChI=1S/C21H23F2N7O2/c1-11-17-19(29(3)18(12(2)31)20(32)27-17)28-21(26-11)24-7-14-8-25-30(10-14)9-13-4-15(22)6-16(23)5-13/h4-6,8,10,12,18,31H,7,9H2,1-3H3,(H,27,32)(H,24,26,28)/t12-,18?/m1/s1. The Morgan fingerprint density at radius 3 is 2.62 bits per heavy atom. The van der Waals surface area contributed by atoms with Gasteiger partial charge in [0.1, 0.15) is 23.4 Å². The molecule has 0 fully saturated rings. The van der Waals surface area contributed by atoms with Gasteiger partial charge in [-0.05, 0) is 31.5 Å². The minimum Gasteiger partial charge on any atom is -0.391 e. The Labute approximate surface area is 183 Å². The Morgan fingerprint density at radius 2 is 1.94 bits per heavy atom. The van der Waals surface area contributed by atoms with Gasteiger partial charge in [-0.25, -0.2) is 13.8 Å². The van der Waals surface area contributed by atoms with E-state index in [0.717, 1.165) is 11.6 Å². The number of aliphatic hydroxyl groups is 1. The quantitative estimate of drug-likeness (QED) is 0.535. The second kappa shape index (κ2) is 8.50. The van der Waals surface area contributed by atoms with Crippen molar-refractivity contribution in [2.75, 3.05) is 22.6 Å². The molecule has 32 heavy (non-hydrogen) atoms. The van der Waals surface area contributed by atoms with Crippen LogP contribution in [0.5, 0.6) is 0 Å². The number of halogens is 2. The predicted octanol–water partition coefficient (Wildman–Crippen LogP) is 2.06. The zero-order valence-corrected chi connectivity index (χ0v) is 17.8. The molecule has 3 aromatic rings. The SMILES string of the molecule is Cc1nc(NCc2cnn(Cc3cc(F)cc(F)c3)c2)nc2c1NC(=O)C([C@@H](C)O)N2C. The van der Waals surface area contributed by atoms with Crippen molar-refractivity contribution in [1.82, 2.24) is 19.7 Å². The number of aryl methyl sites for hydroxylation is 1. The van der Waals surface area contributed by atoms with Crippen LogP contribution in [0, 0.1) is 18.6 Å². The van der Waals surface area contributed by atoms with E-state index in [9.17, 15) is 18.7 Å². The number of carbonyl (C=O) groups is 1. The molecule has 1 unspecified atom stereocenters. The summed E-state index contributed by atoms with van der Waals surface area (Å²) < 4.78 is 28.3. The summed E-state index contributed by atoms with van der Waals surface area (Å²) in [4.78, 5) is 22.8. The van der Waals surface area contributed by atoms with Gasteiger partial charge in [0.15, 0.2) is 5.82 Å². The van der Waals surface area contributed by atoms with Gasteiger partial charge in [0.2, 0.25) is 11.9 Å². The molecule has 0 saturated carbocycles. The number of fused-ring (bicyclic) bond motifs is 1. The fourth-order valence-electron chi connectivity index (χ4n) is 3.74. The summed E-state index contributed by atoms with van der Waals surface area (Å²) in [7, 11) is 1.70. The summed E-state index contributed by atoms with van der Waals surface area (Å²) in [5.74, 6) is -0.711. The molecule has 1 aliphatic heterocycles. The number of rotatable bonds is 6. The highest BCUT2D eigenvalue weighted by molar-refractivity contribution is 6.03. The molecule has 11 heteroatoms. The van der Waals surface area contributed by atoms with Crippen molar-refractivity contribution >= 4 is 23.4 Å². The van der Waals surface area contributed by atoms with E-state index >= 15 is 0 Å². The van der Waals surface area contributed by atoms with Gasteiger partial charge in [0, 0.05) is 31.4 Å². The van der Waals surface area contributed by atoms with Crippen molar-refractivity contribution in [2.24, 2.45) is 0 Å². The topological polar surface area (TPSA) is 108 Å². The lowest BCUT2D eigenvalue weighted by Gasteiger charge is -2.36. The third-order valence-electron chi connectivity index (χ3n) is 5.20. The van der Waals surface area contributed by atoms with Gasteiger partial charge in [-0.3, -0.25) is 9.48 Å². The number of benzene rings is 1. The molecule has 168 valence electrons. The molecule has 0 radical (unpaired) electrons. The number of hydrogen-bond donors (Lipinski definition) is 3. The van der Waals surface area contributed by atoms with Crippen LogP contribution in [0.2, 0.25) is 0 Å². The molecule has 3 heterocycles. The molecule has 4 rings (SSSR count). The molecular weight excluding hydrogens is 420 g/mol. The first-order valence-corrected chi connectivity index (χ1v) is 10.0. The Bertz CT molecular complexity index is 1140. The number of amides is 1.